The highest BCUT2D eigenvalue weighted by atomic mass is 16.1. The number of fused-ring (bicyclic) bond motifs is 1. The van der Waals surface area contributed by atoms with Crippen LogP contribution in [0.15, 0.2) is 30.5 Å². The maximum atomic E-state index is 12.3. The summed E-state index contributed by atoms with van der Waals surface area (Å²) >= 11 is 0. The molecule has 0 saturated carbocycles. The van der Waals surface area contributed by atoms with Gasteiger partial charge >= 0.3 is 0 Å². The van der Waals surface area contributed by atoms with Gasteiger partial charge in [0, 0.05) is 36.8 Å². The SMILES string of the molecule is CC(C)N(CCNC(=O)c1cccc2cc[nH]c12)C(C)C. The zero-order chi connectivity index (χ0) is 15.4. The largest absolute Gasteiger partial charge is 0.361 e. The van der Waals surface area contributed by atoms with Crippen molar-refractivity contribution >= 4 is 16.8 Å². The highest BCUT2D eigenvalue weighted by Gasteiger charge is 2.14. The van der Waals surface area contributed by atoms with Crippen LogP contribution in [-0.2, 0) is 0 Å². The van der Waals surface area contributed by atoms with E-state index in [-0.39, 0.29) is 5.91 Å². The number of H-pyrrole nitrogens is 1. The molecule has 1 aromatic carbocycles. The average molecular weight is 287 g/mol. The standard InChI is InChI=1S/C17H25N3O/c1-12(2)20(13(3)4)11-10-19-17(21)15-7-5-6-14-8-9-18-16(14)15/h5-9,12-13,18H,10-11H2,1-4H3,(H,19,21). The number of carbonyl (C=O) groups is 1. The van der Waals surface area contributed by atoms with Gasteiger partial charge in [0.15, 0.2) is 0 Å². The lowest BCUT2D eigenvalue weighted by Gasteiger charge is -2.30. The molecule has 0 radical (unpaired) electrons. The number of aromatic amines is 1. The van der Waals surface area contributed by atoms with Gasteiger partial charge in [0.25, 0.3) is 5.91 Å². The van der Waals surface area contributed by atoms with Crippen molar-refractivity contribution in [1.82, 2.24) is 15.2 Å². The van der Waals surface area contributed by atoms with E-state index >= 15 is 0 Å². The number of amides is 1. The lowest BCUT2D eigenvalue weighted by atomic mass is 10.1. The van der Waals surface area contributed by atoms with Crippen molar-refractivity contribution in [2.45, 2.75) is 39.8 Å². The third-order valence-corrected chi connectivity index (χ3v) is 3.81. The zero-order valence-corrected chi connectivity index (χ0v) is 13.3. The monoisotopic (exact) mass is 287 g/mol. The summed E-state index contributed by atoms with van der Waals surface area (Å²) in [6.07, 6.45) is 1.86. The Balaban J connectivity index is 1.98. The summed E-state index contributed by atoms with van der Waals surface area (Å²) in [5.74, 6) is -0.0180. The number of nitrogens with one attached hydrogen (secondary N) is 2. The summed E-state index contributed by atoms with van der Waals surface area (Å²) in [7, 11) is 0. The summed E-state index contributed by atoms with van der Waals surface area (Å²) in [5.41, 5.74) is 1.61. The summed E-state index contributed by atoms with van der Waals surface area (Å²) in [5, 5.41) is 4.08. The Morgan fingerprint density at radius 1 is 1.19 bits per heavy atom. The van der Waals surface area contributed by atoms with E-state index in [9.17, 15) is 4.79 Å². The quantitative estimate of drug-likeness (QED) is 0.858. The Morgan fingerprint density at radius 2 is 1.90 bits per heavy atom. The minimum absolute atomic E-state index is 0.0180. The molecule has 4 nitrogen and oxygen atoms in total. The van der Waals surface area contributed by atoms with Crippen molar-refractivity contribution in [1.29, 1.82) is 0 Å². The van der Waals surface area contributed by atoms with E-state index < -0.39 is 0 Å². The molecule has 21 heavy (non-hydrogen) atoms. The summed E-state index contributed by atoms with van der Waals surface area (Å²) < 4.78 is 0. The second-order valence-corrected chi connectivity index (χ2v) is 5.93. The van der Waals surface area contributed by atoms with Gasteiger partial charge < -0.3 is 10.3 Å². The molecule has 0 saturated heterocycles. The molecule has 0 unspecified atom stereocenters. The maximum Gasteiger partial charge on any atom is 0.253 e. The van der Waals surface area contributed by atoms with Crippen LogP contribution in [-0.4, -0.2) is 41.0 Å². The van der Waals surface area contributed by atoms with Crippen LogP contribution in [0.5, 0.6) is 0 Å². The highest BCUT2D eigenvalue weighted by molar-refractivity contribution is 6.05. The molecule has 2 rings (SSSR count). The molecule has 1 heterocycles. The fraction of sp³-hybridized carbons (Fsp3) is 0.471. The Bertz CT molecular complexity index is 593. The summed E-state index contributed by atoms with van der Waals surface area (Å²) in [6.45, 7) is 10.3. The van der Waals surface area contributed by atoms with Crippen molar-refractivity contribution in [2.75, 3.05) is 13.1 Å². The topological polar surface area (TPSA) is 48.1 Å². The molecular formula is C17H25N3O. The van der Waals surface area contributed by atoms with Crippen LogP contribution >= 0.6 is 0 Å². The van der Waals surface area contributed by atoms with Gasteiger partial charge in [0.2, 0.25) is 0 Å². The molecule has 114 valence electrons. The minimum atomic E-state index is -0.0180. The van der Waals surface area contributed by atoms with Crippen LogP contribution < -0.4 is 5.32 Å². The lowest BCUT2D eigenvalue weighted by molar-refractivity contribution is 0.0941. The number of para-hydroxylation sites is 1. The molecule has 0 aliphatic rings. The van der Waals surface area contributed by atoms with Gasteiger partial charge in [-0.2, -0.15) is 0 Å². The maximum absolute atomic E-state index is 12.3. The summed E-state index contributed by atoms with van der Waals surface area (Å²) in [6, 6.07) is 8.71. The van der Waals surface area contributed by atoms with E-state index in [0.29, 0.717) is 24.2 Å². The van der Waals surface area contributed by atoms with E-state index in [4.69, 9.17) is 0 Å². The smallest absolute Gasteiger partial charge is 0.253 e. The molecule has 4 heteroatoms. The van der Waals surface area contributed by atoms with Crippen molar-refractivity contribution < 1.29 is 4.79 Å². The first-order valence-corrected chi connectivity index (χ1v) is 7.60. The Kier molecular flexibility index (Phi) is 5.02. The number of nitrogens with zero attached hydrogens (tertiary/aromatic N) is 1. The van der Waals surface area contributed by atoms with E-state index in [2.05, 4.69) is 42.9 Å². The first-order chi connectivity index (χ1) is 10.0. The zero-order valence-electron chi connectivity index (χ0n) is 13.3. The first kappa shape index (κ1) is 15.6. The average Bonchev–Trinajstić information content (AvgIpc) is 2.90. The normalized spacial score (nSPS) is 11.8. The molecule has 2 N–H and O–H groups in total. The third kappa shape index (κ3) is 3.64. The number of rotatable bonds is 6. The first-order valence-electron chi connectivity index (χ1n) is 7.60. The molecule has 1 amide bonds. The molecule has 0 bridgehead atoms. The molecule has 0 spiro atoms. The fourth-order valence-corrected chi connectivity index (χ4v) is 2.78. The molecular weight excluding hydrogens is 262 g/mol. The van der Waals surface area contributed by atoms with Gasteiger partial charge in [-0.3, -0.25) is 9.69 Å². The molecule has 2 aromatic rings. The molecule has 0 aliphatic carbocycles. The Labute approximate surface area is 126 Å². The minimum Gasteiger partial charge on any atom is -0.361 e. The second-order valence-electron chi connectivity index (χ2n) is 5.93. The number of benzene rings is 1. The van der Waals surface area contributed by atoms with Crippen LogP contribution in [0.2, 0.25) is 0 Å². The molecule has 0 fully saturated rings. The predicted octanol–water partition coefficient (Wildman–Crippen LogP) is 3.02. The fourth-order valence-electron chi connectivity index (χ4n) is 2.78. The number of hydrogen-bond donors (Lipinski definition) is 2. The lowest BCUT2D eigenvalue weighted by Crippen LogP contribution is -2.42. The van der Waals surface area contributed by atoms with E-state index in [0.717, 1.165) is 17.4 Å². The van der Waals surface area contributed by atoms with E-state index in [1.807, 2.05) is 30.5 Å². The molecule has 0 atom stereocenters. The number of hydrogen-bond acceptors (Lipinski definition) is 2. The van der Waals surface area contributed by atoms with Crippen molar-refractivity contribution in [3.05, 3.63) is 36.0 Å². The highest BCUT2D eigenvalue weighted by Crippen LogP contribution is 2.16. The van der Waals surface area contributed by atoms with E-state index in [1.165, 1.54) is 0 Å². The Morgan fingerprint density at radius 3 is 2.57 bits per heavy atom. The second kappa shape index (κ2) is 6.76. The van der Waals surface area contributed by atoms with Crippen LogP contribution in [0.1, 0.15) is 38.1 Å². The number of carbonyl (C=O) groups excluding carboxylic acids is 1. The summed E-state index contributed by atoms with van der Waals surface area (Å²) in [4.78, 5) is 17.8. The van der Waals surface area contributed by atoms with E-state index in [1.54, 1.807) is 0 Å². The van der Waals surface area contributed by atoms with Crippen molar-refractivity contribution in [3.8, 4) is 0 Å². The van der Waals surface area contributed by atoms with Gasteiger partial charge in [-0.15, -0.1) is 0 Å². The predicted molar refractivity (Wildman–Crippen MR) is 87.6 cm³/mol. The van der Waals surface area contributed by atoms with Gasteiger partial charge in [0.1, 0.15) is 0 Å². The van der Waals surface area contributed by atoms with Gasteiger partial charge in [-0.1, -0.05) is 12.1 Å². The Hall–Kier alpha value is -1.81. The van der Waals surface area contributed by atoms with Crippen LogP contribution in [0.25, 0.3) is 10.9 Å². The number of aromatic nitrogens is 1. The molecule has 0 aliphatic heterocycles. The van der Waals surface area contributed by atoms with Crippen molar-refractivity contribution in [2.24, 2.45) is 0 Å². The third-order valence-electron chi connectivity index (χ3n) is 3.81. The van der Waals surface area contributed by atoms with Gasteiger partial charge in [0.05, 0.1) is 11.1 Å². The van der Waals surface area contributed by atoms with Gasteiger partial charge in [-0.05, 0) is 39.8 Å². The van der Waals surface area contributed by atoms with Crippen molar-refractivity contribution in [3.63, 3.8) is 0 Å². The van der Waals surface area contributed by atoms with Crippen LogP contribution in [0, 0.1) is 0 Å². The van der Waals surface area contributed by atoms with Crippen LogP contribution in [0.3, 0.4) is 0 Å². The van der Waals surface area contributed by atoms with Gasteiger partial charge in [-0.25, -0.2) is 0 Å². The molecule has 1 aromatic heterocycles. The van der Waals surface area contributed by atoms with Crippen LogP contribution in [0.4, 0.5) is 0 Å².